The predicted octanol–water partition coefficient (Wildman–Crippen LogP) is 10.3. The van der Waals surface area contributed by atoms with Crippen molar-refractivity contribution >= 4 is 0 Å². The average molecular weight is 503 g/mol. The summed E-state index contributed by atoms with van der Waals surface area (Å²) in [5.74, 6) is 1.63. The first-order chi connectivity index (χ1) is 16.7. The van der Waals surface area contributed by atoms with E-state index in [0.717, 1.165) is 11.8 Å². The minimum Gasteiger partial charge on any atom is -0.369 e. The number of hydrogen-bond donors (Lipinski definition) is 1. The van der Waals surface area contributed by atoms with Gasteiger partial charge in [0.1, 0.15) is 0 Å². The second kappa shape index (κ2) is 13.5. The van der Waals surface area contributed by atoms with Crippen LogP contribution >= 0.6 is 0 Å². The van der Waals surface area contributed by atoms with Crippen LogP contribution in [-0.2, 0) is 0 Å². The molecule has 0 aromatic rings. The van der Waals surface area contributed by atoms with Crippen molar-refractivity contribution < 1.29 is 0 Å². The smallest absolute Gasteiger partial charge is 0.0408 e. The van der Waals surface area contributed by atoms with Crippen molar-refractivity contribution in [1.82, 2.24) is 10.2 Å². The van der Waals surface area contributed by atoms with Gasteiger partial charge in [-0.2, -0.15) is 0 Å². The molecule has 1 saturated carbocycles. The number of rotatable bonds is 4. The number of allylic oxidation sites excluding steroid dienone is 1. The summed E-state index contributed by atoms with van der Waals surface area (Å²) in [4.78, 5) is 2.92. The third kappa shape index (κ3) is 9.36. The summed E-state index contributed by atoms with van der Waals surface area (Å²) >= 11 is 0. The molecule has 212 valence electrons. The van der Waals surface area contributed by atoms with Crippen molar-refractivity contribution in [3.63, 3.8) is 0 Å². The van der Waals surface area contributed by atoms with Gasteiger partial charge in [0, 0.05) is 34.3 Å². The zero-order valence-electron chi connectivity index (χ0n) is 26.3. The lowest BCUT2D eigenvalue weighted by atomic mass is 9.61. The van der Waals surface area contributed by atoms with Gasteiger partial charge in [-0.05, 0) is 84.5 Å². The van der Waals surface area contributed by atoms with Crippen LogP contribution in [0, 0.1) is 17.3 Å². The van der Waals surface area contributed by atoms with Crippen molar-refractivity contribution in [1.29, 1.82) is 0 Å². The summed E-state index contributed by atoms with van der Waals surface area (Å²) in [6.07, 6.45) is 22.2. The first-order valence-corrected chi connectivity index (χ1v) is 16.0. The Labute approximate surface area is 227 Å². The molecule has 0 aromatic carbocycles. The van der Waals surface area contributed by atoms with Crippen LogP contribution in [0.3, 0.4) is 0 Å². The summed E-state index contributed by atoms with van der Waals surface area (Å²) in [5, 5.41) is 3.96. The van der Waals surface area contributed by atoms with E-state index in [1.165, 1.54) is 115 Å². The van der Waals surface area contributed by atoms with E-state index in [4.69, 9.17) is 6.58 Å². The minimum absolute atomic E-state index is 0.172. The Kier molecular flexibility index (Phi) is 11.9. The molecule has 2 heteroatoms. The Morgan fingerprint density at radius 2 is 1.14 bits per heavy atom. The van der Waals surface area contributed by atoms with Gasteiger partial charge < -0.3 is 10.2 Å². The predicted molar refractivity (Wildman–Crippen MR) is 162 cm³/mol. The molecule has 0 aromatic heterocycles. The van der Waals surface area contributed by atoms with E-state index in [0.29, 0.717) is 5.54 Å². The fraction of sp³-hybridized carbons (Fsp3) is 0.941. The van der Waals surface area contributed by atoms with E-state index < -0.39 is 0 Å². The zero-order valence-corrected chi connectivity index (χ0v) is 26.3. The van der Waals surface area contributed by atoms with Gasteiger partial charge in [-0.1, -0.05) is 99.0 Å². The van der Waals surface area contributed by atoms with E-state index in [9.17, 15) is 0 Å². The fourth-order valence-electron chi connectivity index (χ4n) is 8.23. The molecule has 2 nitrogen and oxygen atoms in total. The number of piperidine rings is 1. The topological polar surface area (TPSA) is 15.3 Å². The van der Waals surface area contributed by atoms with Crippen LogP contribution in [0.5, 0.6) is 0 Å². The lowest BCUT2D eigenvalue weighted by Gasteiger charge is -2.52. The first kappa shape index (κ1) is 31.7. The van der Waals surface area contributed by atoms with Crippen LogP contribution in [0.15, 0.2) is 12.3 Å². The fourth-order valence-corrected chi connectivity index (χ4v) is 8.23. The van der Waals surface area contributed by atoms with Crippen molar-refractivity contribution in [2.45, 2.75) is 182 Å². The van der Waals surface area contributed by atoms with E-state index in [2.05, 4.69) is 72.5 Å². The SMILES string of the molecule is C=C1N(CCCC(C)C)C2(CCCCCCCCCCC2)CC12CC(C)(C)NC(C)(C)C2.CC(C)C. The summed E-state index contributed by atoms with van der Waals surface area (Å²) in [5.41, 5.74) is 2.48. The van der Waals surface area contributed by atoms with Gasteiger partial charge >= 0.3 is 0 Å². The zero-order chi connectivity index (χ0) is 27.0. The van der Waals surface area contributed by atoms with Crippen LogP contribution in [0.1, 0.15) is 165 Å². The summed E-state index contributed by atoms with van der Waals surface area (Å²) in [6, 6.07) is 0. The van der Waals surface area contributed by atoms with E-state index in [1.54, 1.807) is 0 Å². The molecular formula is C34H66N2. The molecular weight excluding hydrogens is 436 g/mol. The summed E-state index contributed by atoms with van der Waals surface area (Å²) in [6.45, 7) is 27.1. The third-order valence-corrected chi connectivity index (χ3v) is 8.86. The van der Waals surface area contributed by atoms with Crippen molar-refractivity contribution in [3.05, 3.63) is 12.3 Å². The Bertz CT molecular complexity index is 625. The van der Waals surface area contributed by atoms with Gasteiger partial charge in [0.25, 0.3) is 0 Å². The first-order valence-electron chi connectivity index (χ1n) is 16.0. The molecule has 0 unspecified atom stereocenters. The van der Waals surface area contributed by atoms with E-state index >= 15 is 0 Å². The molecule has 0 bridgehead atoms. The molecule has 3 aliphatic rings. The van der Waals surface area contributed by atoms with Crippen LogP contribution in [0.4, 0.5) is 0 Å². The highest BCUT2D eigenvalue weighted by Crippen LogP contribution is 2.60. The van der Waals surface area contributed by atoms with Crippen LogP contribution in [0.25, 0.3) is 0 Å². The number of nitrogens with zero attached hydrogens (tertiary/aromatic N) is 1. The van der Waals surface area contributed by atoms with Crippen molar-refractivity contribution in [3.8, 4) is 0 Å². The molecule has 3 rings (SSSR count). The van der Waals surface area contributed by atoms with E-state index in [1.807, 2.05) is 0 Å². The highest BCUT2D eigenvalue weighted by atomic mass is 15.3. The van der Waals surface area contributed by atoms with Gasteiger partial charge in [0.05, 0.1) is 0 Å². The molecule has 3 fully saturated rings. The van der Waals surface area contributed by atoms with Crippen LogP contribution in [0.2, 0.25) is 0 Å². The molecule has 0 amide bonds. The summed E-state index contributed by atoms with van der Waals surface area (Å²) in [7, 11) is 0. The van der Waals surface area contributed by atoms with Gasteiger partial charge in [-0.15, -0.1) is 0 Å². The van der Waals surface area contributed by atoms with Crippen molar-refractivity contribution in [2.75, 3.05) is 6.54 Å². The molecule has 2 heterocycles. The number of hydrogen-bond acceptors (Lipinski definition) is 2. The van der Waals surface area contributed by atoms with Gasteiger partial charge in [0.2, 0.25) is 0 Å². The Hall–Kier alpha value is -0.500. The average Bonchev–Trinajstić information content (AvgIpc) is 2.89. The summed E-state index contributed by atoms with van der Waals surface area (Å²) < 4.78 is 0. The van der Waals surface area contributed by atoms with Crippen LogP contribution in [-0.4, -0.2) is 28.1 Å². The minimum atomic E-state index is 0.172. The lowest BCUT2D eigenvalue weighted by Crippen LogP contribution is -2.61. The largest absolute Gasteiger partial charge is 0.369 e. The quantitative estimate of drug-likeness (QED) is 0.411. The molecule has 0 radical (unpaired) electrons. The maximum absolute atomic E-state index is 4.92. The molecule has 2 aliphatic heterocycles. The Morgan fingerprint density at radius 1 is 0.722 bits per heavy atom. The highest BCUT2D eigenvalue weighted by molar-refractivity contribution is 5.27. The molecule has 2 saturated heterocycles. The highest BCUT2D eigenvalue weighted by Gasteiger charge is 2.59. The Morgan fingerprint density at radius 3 is 1.56 bits per heavy atom. The van der Waals surface area contributed by atoms with Crippen molar-refractivity contribution in [2.24, 2.45) is 17.3 Å². The van der Waals surface area contributed by atoms with Gasteiger partial charge in [-0.3, -0.25) is 0 Å². The molecule has 1 N–H and O–H groups in total. The molecule has 2 spiro atoms. The van der Waals surface area contributed by atoms with Gasteiger partial charge in [0.15, 0.2) is 0 Å². The molecule has 0 atom stereocenters. The number of nitrogens with one attached hydrogen (secondary N) is 1. The molecule has 1 aliphatic carbocycles. The maximum Gasteiger partial charge on any atom is 0.0408 e. The Balaban J connectivity index is 0.00000106. The van der Waals surface area contributed by atoms with E-state index in [-0.39, 0.29) is 16.5 Å². The monoisotopic (exact) mass is 503 g/mol. The molecule has 36 heavy (non-hydrogen) atoms. The standard InChI is InChI=1S/C30H56N2.C4H10/c1-25(2)18-17-21-32-26(3)29(22-27(4,5)31-28(6,7)23-29)24-30(32)19-15-13-11-9-8-10-12-14-16-20-30;1-4(2)3/h25,31H,3,8-24H2,1-2,4-7H3;4H,1-3H3. The second-order valence-corrected chi connectivity index (χ2v) is 15.5. The van der Waals surface area contributed by atoms with Gasteiger partial charge in [-0.25, -0.2) is 0 Å². The lowest BCUT2D eigenvalue weighted by molar-refractivity contribution is 0.0666. The van der Waals surface area contributed by atoms with Crippen LogP contribution < -0.4 is 5.32 Å². The maximum atomic E-state index is 4.92. The second-order valence-electron chi connectivity index (χ2n) is 15.5. The number of likely N-dealkylation sites (tertiary alicyclic amines) is 1. The third-order valence-electron chi connectivity index (χ3n) is 8.86. The normalized spacial score (nSPS) is 26.0.